The molecule has 0 saturated heterocycles. The summed E-state index contributed by atoms with van der Waals surface area (Å²) in [7, 11) is 0. The van der Waals surface area contributed by atoms with Crippen LogP contribution in [0.25, 0.3) is 0 Å². The molecule has 1 saturated carbocycles. The molecule has 1 aliphatic rings. The van der Waals surface area contributed by atoms with Gasteiger partial charge in [-0.2, -0.15) is 0 Å². The van der Waals surface area contributed by atoms with E-state index in [-0.39, 0.29) is 23.4 Å². The third kappa shape index (κ3) is 3.22. The fourth-order valence-electron chi connectivity index (χ4n) is 2.58. The Hall–Kier alpha value is -1.65. The number of carbonyl (C=O) groups excluding carboxylic acids is 2. The lowest BCUT2D eigenvalue weighted by Crippen LogP contribution is -2.19. The van der Waals surface area contributed by atoms with Gasteiger partial charge in [0.1, 0.15) is 5.78 Å². The molecule has 0 aromatic carbocycles. The van der Waals surface area contributed by atoms with E-state index in [2.05, 4.69) is 5.16 Å². The molecule has 0 unspecified atom stereocenters. The molecule has 1 aliphatic carbocycles. The minimum absolute atomic E-state index is 0.158. The van der Waals surface area contributed by atoms with Gasteiger partial charge in [-0.05, 0) is 39.5 Å². The van der Waals surface area contributed by atoms with E-state index in [9.17, 15) is 9.59 Å². The Morgan fingerprint density at radius 2 is 2.05 bits per heavy atom. The van der Waals surface area contributed by atoms with Crippen LogP contribution in [-0.4, -0.2) is 23.5 Å². The normalized spacial score (nSPS) is 23.1. The average Bonchev–Trinajstić information content (AvgIpc) is 2.89. The van der Waals surface area contributed by atoms with Crippen molar-refractivity contribution < 1.29 is 18.8 Å². The lowest BCUT2D eigenvalue weighted by molar-refractivity contribution is -0.121. The number of rotatable bonds is 4. The number of ketones is 1. The predicted octanol–water partition coefficient (Wildman–Crippen LogP) is 2.71. The monoisotopic (exact) mass is 265 g/mol. The fraction of sp³-hybridized carbons (Fsp3) is 0.643. The highest BCUT2D eigenvalue weighted by Gasteiger charge is 2.27. The molecule has 0 spiro atoms. The van der Waals surface area contributed by atoms with Gasteiger partial charge in [0, 0.05) is 17.9 Å². The maximum atomic E-state index is 11.5. The molecule has 0 radical (unpaired) electrons. The summed E-state index contributed by atoms with van der Waals surface area (Å²) in [5.41, 5.74) is 0.796. The second-order valence-corrected chi connectivity index (χ2v) is 5.00. The van der Waals surface area contributed by atoms with Crippen LogP contribution in [-0.2, 0) is 9.53 Å². The SMILES string of the molecule is CCOC(=O)c1cc(C2CCC(C(C)=O)CC2)no1. The van der Waals surface area contributed by atoms with Gasteiger partial charge in [0.05, 0.1) is 12.3 Å². The van der Waals surface area contributed by atoms with Gasteiger partial charge in [-0.3, -0.25) is 4.79 Å². The van der Waals surface area contributed by atoms with E-state index in [4.69, 9.17) is 9.26 Å². The Morgan fingerprint density at radius 1 is 1.37 bits per heavy atom. The molecular formula is C14H19NO4. The maximum Gasteiger partial charge on any atom is 0.377 e. The molecule has 1 heterocycles. The molecule has 0 N–H and O–H groups in total. The van der Waals surface area contributed by atoms with E-state index in [1.165, 1.54) is 0 Å². The van der Waals surface area contributed by atoms with Crippen molar-refractivity contribution in [3.8, 4) is 0 Å². The van der Waals surface area contributed by atoms with Crippen molar-refractivity contribution in [3.05, 3.63) is 17.5 Å². The van der Waals surface area contributed by atoms with Crippen molar-refractivity contribution in [2.45, 2.75) is 45.4 Å². The van der Waals surface area contributed by atoms with Crippen LogP contribution in [0.1, 0.15) is 61.7 Å². The predicted molar refractivity (Wildman–Crippen MR) is 67.8 cm³/mol. The first-order valence-corrected chi connectivity index (χ1v) is 6.76. The van der Waals surface area contributed by atoms with E-state index in [0.717, 1.165) is 31.4 Å². The molecule has 0 bridgehead atoms. The summed E-state index contributed by atoms with van der Waals surface area (Å²) in [6, 6.07) is 1.66. The summed E-state index contributed by atoms with van der Waals surface area (Å²) < 4.78 is 9.87. The number of Topliss-reactive ketones (excluding diaryl/α,β-unsaturated/α-hetero) is 1. The molecule has 1 aromatic rings. The quantitative estimate of drug-likeness (QED) is 0.783. The van der Waals surface area contributed by atoms with E-state index in [1.807, 2.05) is 0 Å². The van der Waals surface area contributed by atoms with Crippen LogP contribution in [0.3, 0.4) is 0 Å². The minimum atomic E-state index is -0.473. The summed E-state index contributed by atoms with van der Waals surface area (Å²) in [4.78, 5) is 22.8. The first-order valence-electron chi connectivity index (χ1n) is 6.76. The molecule has 0 aliphatic heterocycles. The molecule has 2 rings (SSSR count). The highest BCUT2D eigenvalue weighted by Crippen LogP contribution is 2.35. The largest absolute Gasteiger partial charge is 0.460 e. The second-order valence-electron chi connectivity index (χ2n) is 5.00. The third-order valence-corrected chi connectivity index (χ3v) is 3.73. The second kappa shape index (κ2) is 5.99. The van der Waals surface area contributed by atoms with Crippen LogP contribution >= 0.6 is 0 Å². The van der Waals surface area contributed by atoms with Gasteiger partial charge in [-0.15, -0.1) is 0 Å². The van der Waals surface area contributed by atoms with Crippen LogP contribution in [0.15, 0.2) is 10.6 Å². The Kier molecular flexibility index (Phi) is 4.35. The van der Waals surface area contributed by atoms with Crippen molar-refractivity contribution in [2.75, 3.05) is 6.61 Å². The van der Waals surface area contributed by atoms with Gasteiger partial charge < -0.3 is 9.26 Å². The van der Waals surface area contributed by atoms with Gasteiger partial charge in [0.15, 0.2) is 0 Å². The molecule has 104 valence electrons. The first-order chi connectivity index (χ1) is 9.11. The van der Waals surface area contributed by atoms with Gasteiger partial charge >= 0.3 is 5.97 Å². The van der Waals surface area contributed by atoms with Gasteiger partial charge in [-0.25, -0.2) is 4.79 Å². The van der Waals surface area contributed by atoms with Crippen LogP contribution in [0.2, 0.25) is 0 Å². The van der Waals surface area contributed by atoms with Crippen LogP contribution in [0.4, 0.5) is 0 Å². The van der Waals surface area contributed by atoms with E-state index < -0.39 is 5.97 Å². The molecule has 0 amide bonds. The number of hydrogen-bond donors (Lipinski definition) is 0. The highest BCUT2D eigenvalue weighted by molar-refractivity contribution is 5.86. The zero-order chi connectivity index (χ0) is 13.8. The summed E-state index contributed by atoms with van der Waals surface area (Å²) in [6.45, 7) is 3.72. The standard InChI is InChI=1S/C14H19NO4/c1-3-18-14(17)13-8-12(15-19-13)11-6-4-10(5-7-11)9(2)16/h8,10-11H,3-7H2,1-2H3. The van der Waals surface area contributed by atoms with Crippen LogP contribution < -0.4 is 0 Å². The van der Waals surface area contributed by atoms with Gasteiger partial charge in [-0.1, -0.05) is 5.16 Å². The number of ether oxygens (including phenoxy) is 1. The van der Waals surface area contributed by atoms with Crippen LogP contribution in [0.5, 0.6) is 0 Å². The summed E-state index contributed by atoms with van der Waals surface area (Å²) in [5.74, 6) is 0.422. The van der Waals surface area contributed by atoms with E-state index >= 15 is 0 Å². The molecule has 0 atom stereocenters. The Bertz CT molecular complexity index is 458. The third-order valence-electron chi connectivity index (χ3n) is 3.73. The Morgan fingerprint density at radius 3 is 2.63 bits per heavy atom. The van der Waals surface area contributed by atoms with Crippen molar-refractivity contribution in [1.29, 1.82) is 0 Å². The first kappa shape index (κ1) is 13.8. The van der Waals surface area contributed by atoms with Crippen molar-refractivity contribution in [3.63, 3.8) is 0 Å². The van der Waals surface area contributed by atoms with Crippen LogP contribution in [0, 0.1) is 5.92 Å². The molecule has 5 nitrogen and oxygen atoms in total. The summed E-state index contributed by atoms with van der Waals surface area (Å²) in [6.07, 6.45) is 3.61. The number of carbonyl (C=O) groups is 2. The lowest BCUT2D eigenvalue weighted by atomic mass is 9.79. The highest BCUT2D eigenvalue weighted by atomic mass is 16.6. The number of esters is 1. The topological polar surface area (TPSA) is 69.4 Å². The molecule has 1 aromatic heterocycles. The molecule has 19 heavy (non-hydrogen) atoms. The fourth-order valence-corrected chi connectivity index (χ4v) is 2.58. The van der Waals surface area contributed by atoms with Crippen molar-refractivity contribution >= 4 is 11.8 Å². The Labute approximate surface area is 112 Å². The average molecular weight is 265 g/mol. The van der Waals surface area contributed by atoms with E-state index in [1.54, 1.807) is 19.9 Å². The van der Waals surface area contributed by atoms with Gasteiger partial charge in [0.2, 0.25) is 5.76 Å². The maximum absolute atomic E-state index is 11.5. The minimum Gasteiger partial charge on any atom is -0.460 e. The van der Waals surface area contributed by atoms with E-state index in [0.29, 0.717) is 6.61 Å². The lowest BCUT2D eigenvalue weighted by Gasteiger charge is -2.25. The van der Waals surface area contributed by atoms with Gasteiger partial charge in [0.25, 0.3) is 0 Å². The Balaban J connectivity index is 1.97. The number of aromatic nitrogens is 1. The molecular weight excluding hydrogens is 246 g/mol. The zero-order valence-corrected chi connectivity index (χ0v) is 11.3. The number of hydrogen-bond acceptors (Lipinski definition) is 5. The smallest absolute Gasteiger partial charge is 0.377 e. The summed E-state index contributed by atoms with van der Waals surface area (Å²) >= 11 is 0. The molecule has 5 heteroatoms. The zero-order valence-electron chi connectivity index (χ0n) is 11.3. The van der Waals surface area contributed by atoms with Crippen molar-refractivity contribution in [2.24, 2.45) is 5.92 Å². The summed E-state index contributed by atoms with van der Waals surface area (Å²) in [5, 5.41) is 3.95. The molecule has 1 fully saturated rings. The number of nitrogens with zero attached hydrogens (tertiary/aromatic N) is 1. The van der Waals surface area contributed by atoms with Crippen molar-refractivity contribution in [1.82, 2.24) is 5.16 Å².